The summed E-state index contributed by atoms with van der Waals surface area (Å²) in [5, 5.41) is 9.00. The smallest absolute Gasteiger partial charge is 0.337 e. The van der Waals surface area contributed by atoms with Crippen LogP contribution in [0.1, 0.15) is 15.9 Å². The Balaban J connectivity index is 3.06. The standard InChI is InChI=1S/C10H9ClO3/c1-14-5-4-7-2-3-9(11)8(6-7)10(12)13/h2-6H,1H3,(H,12,13)/b5-4+. The summed E-state index contributed by atoms with van der Waals surface area (Å²) in [6.07, 6.45) is 3.12. The van der Waals surface area contributed by atoms with Crippen molar-refractivity contribution in [2.45, 2.75) is 0 Å². The number of carboxylic acids is 1. The van der Waals surface area contributed by atoms with Gasteiger partial charge in [0, 0.05) is 0 Å². The molecule has 0 aromatic heterocycles. The number of aromatic carboxylic acids is 1. The van der Waals surface area contributed by atoms with Gasteiger partial charge in [-0.3, -0.25) is 0 Å². The molecule has 74 valence electrons. The van der Waals surface area contributed by atoms with Crippen LogP contribution in [0.5, 0.6) is 0 Å². The molecule has 0 fully saturated rings. The van der Waals surface area contributed by atoms with Crippen LogP contribution in [0.15, 0.2) is 24.5 Å². The molecule has 0 unspecified atom stereocenters. The van der Waals surface area contributed by atoms with Crippen molar-refractivity contribution in [1.82, 2.24) is 0 Å². The minimum atomic E-state index is -1.04. The zero-order chi connectivity index (χ0) is 10.6. The monoisotopic (exact) mass is 212 g/mol. The summed E-state index contributed by atoms with van der Waals surface area (Å²) < 4.78 is 4.72. The van der Waals surface area contributed by atoms with Crippen molar-refractivity contribution in [3.05, 3.63) is 40.6 Å². The Morgan fingerprint density at radius 2 is 2.29 bits per heavy atom. The van der Waals surface area contributed by atoms with Gasteiger partial charge in [0.2, 0.25) is 0 Å². The van der Waals surface area contributed by atoms with E-state index in [2.05, 4.69) is 0 Å². The maximum Gasteiger partial charge on any atom is 0.337 e. The average Bonchev–Trinajstić information content (AvgIpc) is 2.16. The third kappa shape index (κ3) is 2.50. The van der Waals surface area contributed by atoms with E-state index in [4.69, 9.17) is 21.4 Å². The molecule has 0 saturated heterocycles. The minimum Gasteiger partial charge on any atom is -0.504 e. The van der Waals surface area contributed by atoms with E-state index >= 15 is 0 Å². The number of rotatable bonds is 3. The lowest BCUT2D eigenvalue weighted by atomic mass is 10.1. The lowest BCUT2D eigenvalue weighted by molar-refractivity contribution is 0.0697. The lowest BCUT2D eigenvalue weighted by Gasteiger charge is -1.99. The van der Waals surface area contributed by atoms with Crippen molar-refractivity contribution in [1.29, 1.82) is 0 Å². The number of methoxy groups -OCH3 is 1. The van der Waals surface area contributed by atoms with Gasteiger partial charge >= 0.3 is 5.97 Å². The highest BCUT2D eigenvalue weighted by molar-refractivity contribution is 6.33. The first-order chi connectivity index (χ1) is 6.65. The van der Waals surface area contributed by atoms with Gasteiger partial charge in [-0.15, -0.1) is 0 Å². The van der Waals surface area contributed by atoms with E-state index in [1.807, 2.05) is 0 Å². The Morgan fingerprint density at radius 1 is 1.57 bits per heavy atom. The second kappa shape index (κ2) is 4.67. The molecular formula is C10H9ClO3. The van der Waals surface area contributed by atoms with Crippen molar-refractivity contribution in [3.8, 4) is 0 Å². The molecule has 1 rings (SSSR count). The Hall–Kier alpha value is -1.48. The SMILES string of the molecule is CO/C=C/c1ccc(Cl)c(C(=O)O)c1. The molecule has 14 heavy (non-hydrogen) atoms. The largest absolute Gasteiger partial charge is 0.504 e. The molecule has 0 saturated carbocycles. The molecule has 0 radical (unpaired) electrons. The summed E-state index contributed by atoms with van der Waals surface area (Å²) in [6, 6.07) is 4.74. The average molecular weight is 213 g/mol. The minimum absolute atomic E-state index is 0.0879. The summed E-state index contributed by atoms with van der Waals surface area (Å²) >= 11 is 5.69. The van der Waals surface area contributed by atoms with Crippen LogP contribution in [-0.4, -0.2) is 18.2 Å². The van der Waals surface area contributed by atoms with E-state index in [9.17, 15) is 4.79 Å². The van der Waals surface area contributed by atoms with Crippen LogP contribution in [-0.2, 0) is 4.74 Å². The summed E-state index contributed by atoms with van der Waals surface area (Å²) in [4.78, 5) is 10.7. The first-order valence-corrected chi connectivity index (χ1v) is 4.25. The summed E-state index contributed by atoms with van der Waals surface area (Å²) in [5.41, 5.74) is 0.818. The molecule has 0 aliphatic heterocycles. The fourth-order valence-electron chi connectivity index (χ4n) is 0.957. The fraction of sp³-hybridized carbons (Fsp3) is 0.100. The molecule has 1 N–H and O–H groups in total. The Morgan fingerprint density at radius 3 is 2.86 bits per heavy atom. The second-order valence-electron chi connectivity index (χ2n) is 2.58. The quantitative estimate of drug-likeness (QED) is 0.784. The van der Waals surface area contributed by atoms with Crippen LogP contribution in [0.25, 0.3) is 6.08 Å². The van der Waals surface area contributed by atoms with Crippen LogP contribution in [0.3, 0.4) is 0 Å². The zero-order valence-corrected chi connectivity index (χ0v) is 8.28. The highest BCUT2D eigenvalue weighted by Crippen LogP contribution is 2.18. The topological polar surface area (TPSA) is 46.5 Å². The number of ether oxygens (including phenoxy) is 1. The van der Waals surface area contributed by atoms with E-state index in [1.54, 1.807) is 18.2 Å². The van der Waals surface area contributed by atoms with Crippen molar-refractivity contribution < 1.29 is 14.6 Å². The molecule has 1 aromatic carbocycles. The van der Waals surface area contributed by atoms with Crippen molar-refractivity contribution >= 4 is 23.6 Å². The predicted octanol–water partition coefficient (Wildman–Crippen LogP) is 2.66. The van der Waals surface area contributed by atoms with Crippen LogP contribution in [0, 0.1) is 0 Å². The molecule has 0 bridgehead atoms. The van der Waals surface area contributed by atoms with E-state index in [1.165, 1.54) is 19.4 Å². The highest BCUT2D eigenvalue weighted by Gasteiger charge is 2.07. The van der Waals surface area contributed by atoms with Gasteiger partial charge < -0.3 is 9.84 Å². The van der Waals surface area contributed by atoms with Gasteiger partial charge in [-0.2, -0.15) is 0 Å². The number of hydrogen-bond donors (Lipinski definition) is 1. The number of benzene rings is 1. The molecular weight excluding hydrogens is 204 g/mol. The van der Waals surface area contributed by atoms with Gasteiger partial charge in [0.1, 0.15) is 0 Å². The normalized spacial score (nSPS) is 10.4. The third-order valence-electron chi connectivity index (χ3n) is 1.62. The Labute approximate surface area is 86.6 Å². The van der Waals surface area contributed by atoms with Crippen molar-refractivity contribution in [2.75, 3.05) is 7.11 Å². The molecule has 0 aliphatic carbocycles. The molecule has 0 amide bonds. The lowest BCUT2D eigenvalue weighted by Crippen LogP contribution is -1.97. The number of carbonyl (C=O) groups is 1. The van der Waals surface area contributed by atoms with Crippen molar-refractivity contribution in [3.63, 3.8) is 0 Å². The molecule has 0 aliphatic rings. The van der Waals surface area contributed by atoms with Crippen LogP contribution in [0.4, 0.5) is 0 Å². The number of halogens is 1. The Bertz CT molecular complexity index is 372. The predicted molar refractivity (Wildman–Crippen MR) is 54.5 cm³/mol. The first-order valence-electron chi connectivity index (χ1n) is 3.87. The van der Waals surface area contributed by atoms with Crippen LogP contribution in [0.2, 0.25) is 5.02 Å². The molecule has 0 atom stereocenters. The Kier molecular flexibility index (Phi) is 3.54. The van der Waals surface area contributed by atoms with E-state index in [0.717, 1.165) is 5.56 Å². The van der Waals surface area contributed by atoms with E-state index in [-0.39, 0.29) is 10.6 Å². The maximum absolute atomic E-state index is 10.7. The third-order valence-corrected chi connectivity index (χ3v) is 1.95. The number of carboxylic acid groups (broad SMARTS) is 1. The van der Waals surface area contributed by atoms with Gasteiger partial charge in [-0.25, -0.2) is 4.79 Å². The van der Waals surface area contributed by atoms with E-state index < -0.39 is 5.97 Å². The molecule has 3 nitrogen and oxygen atoms in total. The molecule has 0 heterocycles. The summed E-state index contributed by atoms with van der Waals surface area (Å²) in [5.74, 6) is -1.04. The summed E-state index contributed by atoms with van der Waals surface area (Å²) in [6.45, 7) is 0. The van der Waals surface area contributed by atoms with Crippen LogP contribution >= 0.6 is 11.6 Å². The van der Waals surface area contributed by atoms with Gasteiger partial charge in [0.25, 0.3) is 0 Å². The van der Waals surface area contributed by atoms with Gasteiger partial charge in [-0.05, 0) is 23.8 Å². The second-order valence-corrected chi connectivity index (χ2v) is 2.99. The van der Waals surface area contributed by atoms with Gasteiger partial charge in [0.05, 0.1) is 24.0 Å². The summed E-state index contributed by atoms with van der Waals surface area (Å²) in [7, 11) is 1.52. The fourth-order valence-corrected chi connectivity index (χ4v) is 1.16. The zero-order valence-electron chi connectivity index (χ0n) is 7.53. The molecule has 0 spiro atoms. The first kappa shape index (κ1) is 10.6. The number of hydrogen-bond acceptors (Lipinski definition) is 2. The highest BCUT2D eigenvalue weighted by atomic mass is 35.5. The maximum atomic E-state index is 10.7. The van der Waals surface area contributed by atoms with Crippen molar-refractivity contribution in [2.24, 2.45) is 0 Å². The van der Waals surface area contributed by atoms with E-state index in [0.29, 0.717) is 0 Å². The van der Waals surface area contributed by atoms with Gasteiger partial charge in [-0.1, -0.05) is 17.7 Å². The van der Waals surface area contributed by atoms with Crippen LogP contribution < -0.4 is 0 Å². The molecule has 1 aromatic rings. The van der Waals surface area contributed by atoms with Gasteiger partial charge in [0.15, 0.2) is 0 Å². The molecule has 4 heteroatoms.